The first-order chi connectivity index (χ1) is 13.3. The lowest BCUT2D eigenvalue weighted by Crippen LogP contribution is -2.35. The second-order valence-electron chi connectivity index (χ2n) is 6.94. The highest BCUT2D eigenvalue weighted by Gasteiger charge is 2.14. The minimum Gasteiger partial charge on any atom is -0.379 e. The molecule has 1 fully saturated rings. The molecule has 1 aliphatic heterocycles. The Morgan fingerprint density at radius 1 is 1.07 bits per heavy atom. The van der Waals surface area contributed by atoms with Crippen LogP contribution in [0.1, 0.15) is 11.1 Å². The van der Waals surface area contributed by atoms with Gasteiger partial charge in [-0.15, -0.1) is 0 Å². The molecule has 2 N–H and O–H groups in total. The molecule has 0 radical (unpaired) electrons. The monoisotopic (exact) mass is 357 g/mol. The number of benzene rings is 2. The Labute approximate surface area is 156 Å². The third-order valence-electron chi connectivity index (χ3n) is 5.14. The topological polar surface area (TPSA) is 80.7 Å². The Bertz CT molecular complexity index is 1160. The molecule has 6 heteroatoms. The summed E-state index contributed by atoms with van der Waals surface area (Å²) < 4.78 is 5.43. The number of H-pyrrole nitrogens is 2. The molecule has 6 nitrogen and oxygen atoms in total. The van der Waals surface area contributed by atoms with Crippen LogP contribution in [0.25, 0.3) is 33.2 Å². The van der Waals surface area contributed by atoms with E-state index in [9.17, 15) is 5.26 Å². The number of hydrogen-bond acceptors (Lipinski definition) is 4. The molecule has 0 unspecified atom stereocenters. The Balaban J connectivity index is 1.50. The average molecular weight is 357 g/mol. The molecular formula is C21H19N5O. The molecule has 0 bridgehead atoms. The van der Waals surface area contributed by atoms with Gasteiger partial charge < -0.3 is 9.72 Å². The van der Waals surface area contributed by atoms with E-state index in [1.807, 2.05) is 12.1 Å². The second kappa shape index (κ2) is 6.54. The first-order valence-corrected chi connectivity index (χ1v) is 9.10. The fourth-order valence-electron chi connectivity index (χ4n) is 3.71. The van der Waals surface area contributed by atoms with E-state index in [1.54, 1.807) is 6.07 Å². The molecule has 1 saturated heterocycles. The first-order valence-electron chi connectivity index (χ1n) is 9.10. The minimum atomic E-state index is 0.633. The molecule has 27 heavy (non-hydrogen) atoms. The summed E-state index contributed by atoms with van der Waals surface area (Å²) in [7, 11) is 0. The van der Waals surface area contributed by atoms with E-state index in [2.05, 4.69) is 50.4 Å². The summed E-state index contributed by atoms with van der Waals surface area (Å²) in [5, 5.41) is 18.8. The lowest BCUT2D eigenvalue weighted by Gasteiger charge is -2.26. The summed E-state index contributed by atoms with van der Waals surface area (Å²) in [5.41, 5.74) is 5.74. The van der Waals surface area contributed by atoms with Crippen LogP contribution < -0.4 is 0 Å². The number of fused-ring (bicyclic) bond motifs is 2. The summed E-state index contributed by atoms with van der Waals surface area (Å²) in [6.45, 7) is 4.53. The number of ether oxygens (including phenoxy) is 1. The summed E-state index contributed by atoms with van der Waals surface area (Å²) in [5.74, 6) is 0. The standard InChI is InChI=1S/C21H19N5O/c22-12-14-1-4-19-17(10-14)21(25-24-19)20-11-16-9-15(2-3-18(16)23-20)13-26-5-7-27-8-6-26/h1-4,9-11,23H,5-8,13H2,(H,24,25). The van der Waals surface area contributed by atoms with Gasteiger partial charge in [-0.05, 0) is 42.0 Å². The maximum Gasteiger partial charge on any atom is 0.116 e. The van der Waals surface area contributed by atoms with E-state index in [0.717, 1.165) is 60.7 Å². The molecule has 5 rings (SSSR count). The van der Waals surface area contributed by atoms with E-state index in [4.69, 9.17) is 4.74 Å². The normalized spacial score (nSPS) is 15.4. The molecule has 134 valence electrons. The van der Waals surface area contributed by atoms with Gasteiger partial charge in [0.1, 0.15) is 5.69 Å². The van der Waals surface area contributed by atoms with Gasteiger partial charge in [-0.3, -0.25) is 10.00 Å². The fourth-order valence-corrected chi connectivity index (χ4v) is 3.71. The fraction of sp³-hybridized carbons (Fsp3) is 0.238. The van der Waals surface area contributed by atoms with Crippen LogP contribution in [0.4, 0.5) is 0 Å². The quantitative estimate of drug-likeness (QED) is 0.589. The first kappa shape index (κ1) is 16.1. The molecule has 2 aromatic carbocycles. The van der Waals surface area contributed by atoms with Gasteiger partial charge in [0.15, 0.2) is 0 Å². The van der Waals surface area contributed by atoms with Crippen LogP contribution in [0, 0.1) is 11.3 Å². The molecule has 1 aliphatic rings. The number of aromatic nitrogens is 3. The third-order valence-corrected chi connectivity index (χ3v) is 5.14. The minimum absolute atomic E-state index is 0.633. The molecule has 0 atom stereocenters. The molecular weight excluding hydrogens is 338 g/mol. The molecule has 4 aromatic rings. The maximum absolute atomic E-state index is 9.18. The Morgan fingerprint density at radius 2 is 1.93 bits per heavy atom. The molecule has 0 saturated carbocycles. The number of nitrogens with one attached hydrogen (secondary N) is 2. The third kappa shape index (κ3) is 2.97. The van der Waals surface area contributed by atoms with Crippen molar-refractivity contribution < 1.29 is 4.74 Å². The number of aromatic amines is 2. The molecule has 2 aromatic heterocycles. The van der Waals surface area contributed by atoms with Crippen molar-refractivity contribution in [3.8, 4) is 17.5 Å². The lowest BCUT2D eigenvalue weighted by atomic mass is 10.1. The zero-order valence-electron chi connectivity index (χ0n) is 14.8. The number of nitriles is 1. The highest BCUT2D eigenvalue weighted by atomic mass is 16.5. The predicted molar refractivity (Wildman–Crippen MR) is 104 cm³/mol. The van der Waals surface area contributed by atoms with Gasteiger partial charge in [-0.25, -0.2) is 0 Å². The van der Waals surface area contributed by atoms with E-state index >= 15 is 0 Å². The zero-order valence-corrected chi connectivity index (χ0v) is 14.8. The van der Waals surface area contributed by atoms with Gasteiger partial charge in [0.05, 0.1) is 36.1 Å². The van der Waals surface area contributed by atoms with Crippen molar-refractivity contribution in [3.63, 3.8) is 0 Å². The van der Waals surface area contributed by atoms with Crippen molar-refractivity contribution in [1.82, 2.24) is 20.1 Å². The maximum atomic E-state index is 9.18. The number of rotatable bonds is 3. The van der Waals surface area contributed by atoms with Crippen LogP contribution in [0.2, 0.25) is 0 Å². The van der Waals surface area contributed by atoms with E-state index in [1.165, 1.54) is 10.9 Å². The molecule has 0 amide bonds. The van der Waals surface area contributed by atoms with Crippen LogP contribution in [-0.2, 0) is 11.3 Å². The van der Waals surface area contributed by atoms with Crippen molar-refractivity contribution in [2.75, 3.05) is 26.3 Å². The highest BCUT2D eigenvalue weighted by molar-refractivity contribution is 5.96. The van der Waals surface area contributed by atoms with Crippen molar-refractivity contribution in [2.45, 2.75) is 6.54 Å². The highest BCUT2D eigenvalue weighted by Crippen LogP contribution is 2.29. The summed E-state index contributed by atoms with van der Waals surface area (Å²) in [4.78, 5) is 5.88. The Hall–Kier alpha value is -3.14. The average Bonchev–Trinajstić information content (AvgIpc) is 3.31. The van der Waals surface area contributed by atoms with Crippen LogP contribution in [0.3, 0.4) is 0 Å². The van der Waals surface area contributed by atoms with Gasteiger partial charge in [-0.1, -0.05) is 6.07 Å². The van der Waals surface area contributed by atoms with Gasteiger partial charge in [0.2, 0.25) is 0 Å². The number of morpholine rings is 1. The second-order valence-corrected chi connectivity index (χ2v) is 6.94. The Kier molecular flexibility index (Phi) is 3.89. The Morgan fingerprint density at radius 3 is 2.78 bits per heavy atom. The van der Waals surface area contributed by atoms with Crippen LogP contribution in [-0.4, -0.2) is 46.4 Å². The molecule has 0 spiro atoms. The van der Waals surface area contributed by atoms with Gasteiger partial charge >= 0.3 is 0 Å². The molecule has 3 heterocycles. The largest absolute Gasteiger partial charge is 0.379 e. The zero-order chi connectivity index (χ0) is 18.2. The molecule has 0 aliphatic carbocycles. The van der Waals surface area contributed by atoms with Gasteiger partial charge in [0, 0.05) is 35.9 Å². The van der Waals surface area contributed by atoms with Crippen molar-refractivity contribution >= 4 is 21.8 Å². The van der Waals surface area contributed by atoms with Crippen molar-refractivity contribution in [2.24, 2.45) is 0 Å². The summed E-state index contributed by atoms with van der Waals surface area (Å²) in [6, 6.07) is 16.4. The summed E-state index contributed by atoms with van der Waals surface area (Å²) >= 11 is 0. The SMILES string of the molecule is N#Cc1ccc2[nH]nc(-c3cc4cc(CN5CCOCC5)ccc4[nH]3)c2c1. The van der Waals surface area contributed by atoms with Crippen LogP contribution in [0.15, 0.2) is 42.5 Å². The lowest BCUT2D eigenvalue weighted by molar-refractivity contribution is 0.0342. The van der Waals surface area contributed by atoms with E-state index in [-0.39, 0.29) is 0 Å². The summed E-state index contributed by atoms with van der Waals surface area (Å²) in [6.07, 6.45) is 0. The van der Waals surface area contributed by atoms with Gasteiger partial charge in [-0.2, -0.15) is 10.4 Å². The van der Waals surface area contributed by atoms with Gasteiger partial charge in [0.25, 0.3) is 0 Å². The predicted octanol–water partition coefficient (Wildman–Crippen LogP) is 3.42. The van der Waals surface area contributed by atoms with Crippen LogP contribution >= 0.6 is 0 Å². The number of hydrogen-bond donors (Lipinski definition) is 2. The van der Waals surface area contributed by atoms with E-state index < -0.39 is 0 Å². The smallest absolute Gasteiger partial charge is 0.116 e. The number of nitrogens with zero attached hydrogens (tertiary/aromatic N) is 3. The van der Waals surface area contributed by atoms with E-state index in [0.29, 0.717) is 5.56 Å². The van der Waals surface area contributed by atoms with Crippen molar-refractivity contribution in [1.29, 1.82) is 5.26 Å². The van der Waals surface area contributed by atoms with Crippen molar-refractivity contribution in [3.05, 3.63) is 53.6 Å². The van der Waals surface area contributed by atoms with Crippen LogP contribution in [0.5, 0.6) is 0 Å².